The standard InChI is InChI=1S/C12H12N2O3S2/c1-2-7(12(16)17)13-10(15)8-6-19-11(14-8)9-4-3-5-18-9/h3-7H,2H2,1H3,(H,13,15)(H,16,17)/t7-/m0/s1. The topological polar surface area (TPSA) is 79.3 Å². The van der Waals surface area contributed by atoms with Gasteiger partial charge in [0.2, 0.25) is 0 Å². The van der Waals surface area contributed by atoms with E-state index in [0.717, 1.165) is 9.88 Å². The molecule has 0 radical (unpaired) electrons. The Hall–Kier alpha value is -1.73. The van der Waals surface area contributed by atoms with Crippen molar-refractivity contribution in [2.75, 3.05) is 0 Å². The summed E-state index contributed by atoms with van der Waals surface area (Å²) in [4.78, 5) is 28.0. The molecule has 2 rings (SSSR count). The quantitative estimate of drug-likeness (QED) is 0.888. The third-order valence-corrected chi connectivity index (χ3v) is 4.36. The maximum absolute atomic E-state index is 11.9. The summed E-state index contributed by atoms with van der Waals surface area (Å²) in [6.45, 7) is 1.71. The van der Waals surface area contributed by atoms with Gasteiger partial charge in [0.25, 0.3) is 5.91 Å². The molecule has 1 amide bonds. The van der Waals surface area contributed by atoms with Crippen molar-refractivity contribution >= 4 is 34.6 Å². The summed E-state index contributed by atoms with van der Waals surface area (Å²) in [6.07, 6.45) is 0.336. The molecule has 0 aromatic carbocycles. The highest BCUT2D eigenvalue weighted by molar-refractivity contribution is 7.20. The summed E-state index contributed by atoms with van der Waals surface area (Å²) in [7, 11) is 0. The number of nitrogens with zero attached hydrogens (tertiary/aromatic N) is 1. The normalized spacial score (nSPS) is 12.1. The van der Waals surface area contributed by atoms with Gasteiger partial charge >= 0.3 is 5.97 Å². The summed E-state index contributed by atoms with van der Waals surface area (Å²) in [5.41, 5.74) is 0.258. The van der Waals surface area contributed by atoms with Gasteiger partial charge in [-0.1, -0.05) is 13.0 Å². The highest BCUT2D eigenvalue weighted by atomic mass is 32.1. The van der Waals surface area contributed by atoms with E-state index in [9.17, 15) is 9.59 Å². The molecule has 0 fully saturated rings. The van der Waals surface area contributed by atoms with Crippen LogP contribution in [0.1, 0.15) is 23.8 Å². The van der Waals surface area contributed by atoms with Gasteiger partial charge in [-0.3, -0.25) is 4.79 Å². The van der Waals surface area contributed by atoms with Crippen LogP contribution >= 0.6 is 22.7 Å². The molecule has 5 nitrogen and oxygen atoms in total. The van der Waals surface area contributed by atoms with Crippen LogP contribution in [0.5, 0.6) is 0 Å². The van der Waals surface area contributed by atoms with Gasteiger partial charge in [-0.15, -0.1) is 22.7 Å². The largest absolute Gasteiger partial charge is 0.480 e. The maximum Gasteiger partial charge on any atom is 0.326 e. The summed E-state index contributed by atoms with van der Waals surface area (Å²) in [6, 6.07) is 2.97. The Morgan fingerprint density at radius 3 is 2.84 bits per heavy atom. The van der Waals surface area contributed by atoms with Gasteiger partial charge in [0.1, 0.15) is 16.7 Å². The fourth-order valence-electron chi connectivity index (χ4n) is 1.46. The van der Waals surface area contributed by atoms with Crippen LogP contribution in [0.4, 0.5) is 0 Å². The predicted octanol–water partition coefficient (Wildman–Crippen LogP) is 2.46. The van der Waals surface area contributed by atoms with E-state index in [4.69, 9.17) is 5.11 Å². The number of carboxylic acid groups (broad SMARTS) is 1. The van der Waals surface area contributed by atoms with Crippen molar-refractivity contribution in [1.82, 2.24) is 10.3 Å². The van der Waals surface area contributed by atoms with E-state index in [1.807, 2.05) is 17.5 Å². The minimum Gasteiger partial charge on any atom is -0.480 e. The number of carboxylic acids is 1. The number of amides is 1. The van der Waals surface area contributed by atoms with E-state index in [1.54, 1.807) is 23.6 Å². The fraction of sp³-hybridized carbons (Fsp3) is 0.250. The zero-order valence-corrected chi connectivity index (χ0v) is 11.8. The lowest BCUT2D eigenvalue weighted by atomic mass is 10.2. The number of carbonyl (C=O) groups is 2. The Balaban J connectivity index is 2.10. The summed E-state index contributed by atoms with van der Waals surface area (Å²) in [5, 5.41) is 15.7. The number of thiazole rings is 1. The van der Waals surface area contributed by atoms with Crippen molar-refractivity contribution < 1.29 is 14.7 Å². The molecule has 2 aromatic heterocycles. The lowest BCUT2D eigenvalue weighted by Crippen LogP contribution is -2.40. The number of hydrogen-bond acceptors (Lipinski definition) is 5. The average molecular weight is 296 g/mol. The number of aliphatic carboxylic acids is 1. The molecule has 100 valence electrons. The first-order valence-electron chi connectivity index (χ1n) is 5.65. The molecule has 19 heavy (non-hydrogen) atoms. The molecule has 2 aromatic rings. The average Bonchev–Trinajstić information content (AvgIpc) is 3.04. The highest BCUT2D eigenvalue weighted by Gasteiger charge is 2.20. The van der Waals surface area contributed by atoms with E-state index in [-0.39, 0.29) is 5.69 Å². The molecule has 0 saturated heterocycles. The molecular weight excluding hydrogens is 284 g/mol. The molecule has 0 bridgehead atoms. The van der Waals surface area contributed by atoms with Crippen LogP contribution in [0.25, 0.3) is 9.88 Å². The van der Waals surface area contributed by atoms with Crippen LogP contribution in [0, 0.1) is 0 Å². The van der Waals surface area contributed by atoms with E-state index < -0.39 is 17.9 Å². The van der Waals surface area contributed by atoms with Crippen LogP contribution < -0.4 is 5.32 Å². The second-order valence-corrected chi connectivity index (χ2v) is 5.59. The third-order valence-electron chi connectivity index (χ3n) is 2.48. The van der Waals surface area contributed by atoms with Gasteiger partial charge in [0.15, 0.2) is 0 Å². The van der Waals surface area contributed by atoms with E-state index in [0.29, 0.717) is 6.42 Å². The molecule has 0 unspecified atom stereocenters. The Morgan fingerprint density at radius 2 is 2.26 bits per heavy atom. The van der Waals surface area contributed by atoms with Gasteiger partial charge < -0.3 is 10.4 Å². The zero-order valence-electron chi connectivity index (χ0n) is 10.1. The van der Waals surface area contributed by atoms with Gasteiger partial charge in [-0.25, -0.2) is 9.78 Å². The fourth-order valence-corrected chi connectivity index (χ4v) is 3.08. The molecule has 2 heterocycles. The number of carbonyl (C=O) groups excluding carboxylic acids is 1. The summed E-state index contributed by atoms with van der Waals surface area (Å²) < 4.78 is 0. The number of aromatic nitrogens is 1. The van der Waals surface area contributed by atoms with Crippen LogP contribution in [0.15, 0.2) is 22.9 Å². The first kappa shape index (κ1) is 13.7. The number of nitrogens with one attached hydrogen (secondary N) is 1. The van der Waals surface area contributed by atoms with Crippen LogP contribution in [-0.4, -0.2) is 28.0 Å². The van der Waals surface area contributed by atoms with Gasteiger partial charge in [0.05, 0.1) is 4.88 Å². The predicted molar refractivity (Wildman–Crippen MR) is 74.6 cm³/mol. The molecule has 2 N–H and O–H groups in total. The second-order valence-electron chi connectivity index (χ2n) is 3.79. The van der Waals surface area contributed by atoms with E-state index >= 15 is 0 Å². The van der Waals surface area contributed by atoms with Crippen LogP contribution in [0.2, 0.25) is 0 Å². The number of thiophene rings is 1. The Labute approximate surface area is 117 Å². The van der Waals surface area contributed by atoms with Gasteiger partial charge in [-0.05, 0) is 17.9 Å². The van der Waals surface area contributed by atoms with Gasteiger partial charge in [0, 0.05) is 5.38 Å². The third kappa shape index (κ3) is 3.18. The van der Waals surface area contributed by atoms with Crippen molar-refractivity contribution in [2.24, 2.45) is 0 Å². The van der Waals surface area contributed by atoms with E-state index in [2.05, 4.69) is 10.3 Å². The maximum atomic E-state index is 11.9. The smallest absolute Gasteiger partial charge is 0.326 e. The lowest BCUT2D eigenvalue weighted by Gasteiger charge is -2.10. The van der Waals surface area contributed by atoms with Crippen LogP contribution in [0.3, 0.4) is 0 Å². The molecule has 0 aliphatic heterocycles. The number of hydrogen-bond donors (Lipinski definition) is 2. The highest BCUT2D eigenvalue weighted by Crippen LogP contribution is 2.27. The molecule has 1 atom stereocenters. The minimum absolute atomic E-state index is 0.258. The van der Waals surface area contributed by atoms with Crippen molar-refractivity contribution in [3.63, 3.8) is 0 Å². The number of rotatable bonds is 5. The zero-order chi connectivity index (χ0) is 13.8. The molecule has 7 heteroatoms. The molecule has 0 aliphatic rings. The molecule has 0 saturated carbocycles. The van der Waals surface area contributed by atoms with Crippen molar-refractivity contribution in [1.29, 1.82) is 0 Å². The molecule has 0 aliphatic carbocycles. The first-order chi connectivity index (χ1) is 9.11. The second kappa shape index (κ2) is 5.94. The lowest BCUT2D eigenvalue weighted by molar-refractivity contribution is -0.139. The summed E-state index contributed by atoms with van der Waals surface area (Å²) in [5.74, 6) is -1.49. The molecule has 0 spiro atoms. The monoisotopic (exact) mass is 296 g/mol. The summed E-state index contributed by atoms with van der Waals surface area (Å²) >= 11 is 2.92. The SMILES string of the molecule is CC[C@H](NC(=O)c1csc(-c2cccs2)n1)C(=O)O. The van der Waals surface area contributed by atoms with Crippen molar-refractivity contribution in [3.8, 4) is 9.88 Å². The Kier molecular flexibility index (Phi) is 4.28. The van der Waals surface area contributed by atoms with Crippen molar-refractivity contribution in [3.05, 3.63) is 28.6 Å². The Bertz CT molecular complexity index is 578. The van der Waals surface area contributed by atoms with Crippen LogP contribution in [-0.2, 0) is 4.79 Å². The molecular formula is C12H12N2O3S2. The van der Waals surface area contributed by atoms with E-state index in [1.165, 1.54) is 11.3 Å². The van der Waals surface area contributed by atoms with Crippen molar-refractivity contribution in [2.45, 2.75) is 19.4 Å². The first-order valence-corrected chi connectivity index (χ1v) is 7.40. The van der Waals surface area contributed by atoms with Gasteiger partial charge in [-0.2, -0.15) is 0 Å². The Morgan fingerprint density at radius 1 is 1.47 bits per heavy atom. The minimum atomic E-state index is -1.04.